The molecule has 4 heteroatoms. The van der Waals surface area contributed by atoms with Crippen molar-refractivity contribution in [2.45, 2.75) is 6.42 Å². The van der Waals surface area contributed by atoms with Crippen molar-refractivity contribution < 1.29 is 9.84 Å². The van der Waals surface area contributed by atoms with Gasteiger partial charge in [0, 0.05) is 12.2 Å². The molecule has 0 saturated heterocycles. The van der Waals surface area contributed by atoms with Crippen LogP contribution in [0.4, 0.5) is 5.69 Å². The van der Waals surface area contributed by atoms with Crippen LogP contribution in [0.3, 0.4) is 0 Å². The normalized spacial score (nSPS) is 9.75. The summed E-state index contributed by atoms with van der Waals surface area (Å²) < 4.78 is 5.11. The largest absolute Gasteiger partial charge is 0.394 e. The maximum absolute atomic E-state index is 8.51. The van der Waals surface area contributed by atoms with E-state index in [1.165, 1.54) is 0 Å². The first kappa shape index (κ1) is 12.5. The van der Waals surface area contributed by atoms with Gasteiger partial charge in [0.25, 0.3) is 0 Å². The van der Waals surface area contributed by atoms with Crippen molar-refractivity contribution in [1.29, 1.82) is 5.26 Å². The Labute approximate surface area is 95.5 Å². The summed E-state index contributed by atoms with van der Waals surface area (Å²) in [6.07, 6.45) is 0.444. The van der Waals surface area contributed by atoms with Gasteiger partial charge in [-0.2, -0.15) is 5.26 Å². The zero-order valence-corrected chi connectivity index (χ0v) is 9.15. The van der Waals surface area contributed by atoms with Gasteiger partial charge in [0.1, 0.15) is 0 Å². The van der Waals surface area contributed by atoms with E-state index in [2.05, 4.69) is 11.4 Å². The van der Waals surface area contributed by atoms with Crippen molar-refractivity contribution >= 4 is 5.69 Å². The summed E-state index contributed by atoms with van der Waals surface area (Å²) in [7, 11) is 0. The first-order chi connectivity index (χ1) is 7.86. The minimum atomic E-state index is 0.0584. The zero-order valence-electron chi connectivity index (χ0n) is 9.15. The van der Waals surface area contributed by atoms with Crippen LogP contribution in [0.2, 0.25) is 0 Å². The Balaban J connectivity index is 2.24. The number of nitrogens with one attached hydrogen (secondary N) is 1. The molecule has 0 radical (unpaired) electrons. The number of aliphatic hydroxyl groups is 1. The Morgan fingerprint density at radius 3 is 2.62 bits per heavy atom. The summed E-state index contributed by atoms with van der Waals surface area (Å²) in [5.74, 6) is 0. The first-order valence-electron chi connectivity index (χ1n) is 5.25. The van der Waals surface area contributed by atoms with E-state index in [-0.39, 0.29) is 6.61 Å². The molecule has 16 heavy (non-hydrogen) atoms. The average molecular weight is 220 g/mol. The number of hydrogen-bond donors (Lipinski definition) is 2. The van der Waals surface area contributed by atoms with Gasteiger partial charge in [0.15, 0.2) is 0 Å². The molecule has 0 aliphatic carbocycles. The van der Waals surface area contributed by atoms with Crippen LogP contribution in [-0.2, 0) is 11.2 Å². The number of nitriles is 1. The maximum atomic E-state index is 8.51. The maximum Gasteiger partial charge on any atom is 0.0698 e. The van der Waals surface area contributed by atoms with E-state index in [1.807, 2.05) is 24.3 Å². The summed E-state index contributed by atoms with van der Waals surface area (Å²) >= 11 is 0. The lowest BCUT2D eigenvalue weighted by molar-refractivity contribution is 0.0992. The third-order valence-corrected chi connectivity index (χ3v) is 2.05. The Morgan fingerprint density at radius 1 is 1.25 bits per heavy atom. The minimum Gasteiger partial charge on any atom is -0.394 e. The molecule has 0 bridgehead atoms. The lowest BCUT2D eigenvalue weighted by Gasteiger charge is -2.06. The quantitative estimate of drug-likeness (QED) is 0.677. The second-order valence-corrected chi connectivity index (χ2v) is 3.29. The summed E-state index contributed by atoms with van der Waals surface area (Å²) in [6, 6.07) is 9.85. The Morgan fingerprint density at radius 2 is 2.00 bits per heavy atom. The second kappa shape index (κ2) is 7.69. The lowest BCUT2D eigenvalue weighted by atomic mass is 10.1. The number of nitrogens with zero attached hydrogens (tertiary/aromatic N) is 1. The smallest absolute Gasteiger partial charge is 0.0698 e. The molecule has 0 fully saturated rings. The average Bonchev–Trinajstić information content (AvgIpc) is 2.31. The summed E-state index contributed by atoms with van der Waals surface area (Å²) in [5.41, 5.74) is 2.03. The van der Waals surface area contributed by atoms with E-state index in [0.29, 0.717) is 26.2 Å². The van der Waals surface area contributed by atoms with Gasteiger partial charge >= 0.3 is 0 Å². The van der Waals surface area contributed by atoms with Crippen LogP contribution in [0.25, 0.3) is 0 Å². The molecule has 0 saturated carbocycles. The number of anilines is 1. The van der Waals surface area contributed by atoms with Gasteiger partial charge in [0.05, 0.1) is 32.3 Å². The number of ether oxygens (including phenoxy) is 1. The number of rotatable bonds is 7. The zero-order chi connectivity index (χ0) is 11.6. The molecule has 86 valence electrons. The third-order valence-electron chi connectivity index (χ3n) is 2.05. The Bertz CT molecular complexity index is 330. The van der Waals surface area contributed by atoms with Crippen molar-refractivity contribution in [1.82, 2.24) is 0 Å². The van der Waals surface area contributed by atoms with Gasteiger partial charge in [0.2, 0.25) is 0 Å². The highest BCUT2D eigenvalue weighted by molar-refractivity contribution is 5.44. The van der Waals surface area contributed by atoms with E-state index in [1.54, 1.807) is 0 Å². The van der Waals surface area contributed by atoms with Crippen molar-refractivity contribution in [3.63, 3.8) is 0 Å². The molecule has 0 atom stereocenters. The van der Waals surface area contributed by atoms with Gasteiger partial charge < -0.3 is 15.2 Å². The van der Waals surface area contributed by atoms with Gasteiger partial charge in [-0.05, 0) is 17.7 Å². The van der Waals surface area contributed by atoms with Crippen LogP contribution in [0.5, 0.6) is 0 Å². The molecule has 0 heterocycles. The number of benzene rings is 1. The van der Waals surface area contributed by atoms with Gasteiger partial charge in [-0.1, -0.05) is 12.1 Å². The minimum absolute atomic E-state index is 0.0584. The van der Waals surface area contributed by atoms with E-state index in [9.17, 15) is 0 Å². The van der Waals surface area contributed by atoms with E-state index >= 15 is 0 Å². The molecule has 0 aliphatic rings. The van der Waals surface area contributed by atoms with Crippen molar-refractivity contribution in [3.8, 4) is 6.07 Å². The fourth-order valence-corrected chi connectivity index (χ4v) is 1.27. The van der Waals surface area contributed by atoms with Crippen LogP contribution in [0.1, 0.15) is 5.56 Å². The number of aliphatic hydroxyl groups excluding tert-OH is 1. The predicted molar refractivity (Wildman–Crippen MR) is 62.2 cm³/mol. The van der Waals surface area contributed by atoms with Crippen LogP contribution < -0.4 is 5.32 Å². The molecule has 0 aromatic heterocycles. The second-order valence-electron chi connectivity index (χ2n) is 3.29. The van der Waals surface area contributed by atoms with E-state index in [4.69, 9.17) is 15.1 Å². The molecular weight excluding hydrogens is 204 g/mol. The molecule has 0 unspecified atom stereocenters. The molecule has 4 nitrogen and oxygen atoms in total. The summed E-state index contributed by atoms with van der Waals surface area (Å²) in [4.78, 5) is 0. The predicted octanol–water partition coefficient (Wildman–Crippen LogP) is 1.17. The summed E-state index contributed by atoms with van der Waals surface area (Å²) in [5, 5.41) is 20.2. The van der Waals surface area contributed by atoms with Gasteiger partial charge in [-0.15, -0.1) is 0 Å². The van der Waals surface area contributed by atoms with Crippen LogP contribution >= 0.6 is 0 Å². The molecule has 2 N–H and O–H groups in total. The molecular formula is C12H16N2O2. The van der Waals surface area contributed by atoms with Gasteiger partial charge in [-0.3, -0.25) is 0 Å². The monoisotopic (exact) mass is 220 g/mol. The molecule has 1 aromatic carbocycles. The topological polar surface area (TPSA) is 65.3 Å². The highest BCUT2D eigenvalue weighted by atomic mass is 16.5. The van der Waals surface area contributed by atoms with Crippen molar-refractivity contribution in [2.75, 3.05) is 31.7 Å². The Kier molecular flexibility index (Phi) is 6.00. The Hall–Kier alpha value is -1.57. The molecule has 0 spiro atoms. The van der Waals surface area contributed by atoms with Gasteiger partial charge in [-0.25, -0.2) is 0 Å². The highest BCUT2D eigenvalue weighted by Gasteiger charge is 1.93. The molecule has 1 rings (SSSR count). The third kappa shape index (κ3) is 4.78. The van der Waals surface area contributed by atoms with Crippen LogP contribution in [0.15, 0.2) is 24.3 Å². The molecule has 1 aromatic rings. The fourth-order valence-electron chi connectivity index (χ4n) is 1.27. The van der Waals surface area contributed by atoms with E-state index < -0.39 is 0 Å². The molecule has 0 aliphatic heterocycles. The van der Waals surface area contributed by atoms with Crippen LogP contribution in [0, 0.1) is 11.3 Å². The first-order valence-corrected chi connectivity index (χ1v) is 5.25. The van der Waals surface area contributed by atoms with Crippen LogP contribution in [-0.4, -0.2) is 31.5 Å². The SMILES string of the molecule is N#CCc1ccc(NCCOCCO)cc1. The van der Waals surface area contributed by atoms with Crippen molar-refractivity contribution in [2.24, 2.45) is 0 Å². The fraction of sp³-hybridized carbons (Fsp3) is 0.417. The van der Waals surface area contributed by atoms with Crippen molar-refractivity contribution in [3.05, 3.63) is 29.8 Å². The standard InChI is InChI=1S/C12H16N2O2/c13-6-5-11-1-3-12(4-2-11)14-7-9-16-10-8-15/h1-4,14-15H,5,7-10H2. The number of hydrogen-bond acceptors (Lipinski definition) is 4. The molecule has 0 amide bonds. The summed E-state index contributed by atoms with van der Waals surface area (Å²) in [6.45, 7) is 1.71. The lowest BCUT2D eigenvalue weighted by Crippen LogP contribution is -2.11. The highest BCUT2D eigenvalue weighted by Crippen LogP contribution is 2.09. The van der Waals surface area contributed by atoms with E-state index in [0.717, 1.165) is 11.3 Å².